The summed E-state index contributed by atoms with van der Waals surface area (Å²) in [6.45, 7) is 0.625. The molecule has 8 rings (SSSR count). The monoisotopic (exact) mass is 579 g/mol. The van der Waals surface area contributed by atoms with Crippen LogP contribution in [0, 0.1) is 0 Å². The first-order valence-electron chi connectivity index (χ1n) is 12.9. The summed E-state index contributed by atoms with van der Waals surface area (Å²) in [4.78, 5) is 28.8. The number of hydrogen-bond donors (Lipinski definition) is 1. The summed E-state index contributed by atoms with van der Waals surface area (Å²) in [5, 5.41) is 6.40. The molecule has 1 aromatic heterocycles. The predicted molar refractivity (Wildman–Crippen MR) is 160 cm³/mol. The zero-order valence-corrected chi connectivity index (χ0v) is 22.4. The van der Waals surface area contributed by atoms with Crippen LogP contribution in [0.2, 0.25) is 0 Å². The average Bonchev–Trinajstić information content (AvgIpc) is 3.74. The van der Waals surface area contributed by atoms with E-state index < -0.39 is 0 Å². The Hall–Kier alpha value is -5.11. The van der Waals surface area contributed by atoms with E-state index in [2.05, 4.69) is 16.4 Å². The van der Waals surface area contributed by atoms with Crippen molar-refractivity contribution < 1.29 is 17.1 Å². The van der Waals surface area contributed by atoms with Crippen LogP contribution in [-0.4, -0.2) is 29.2 Å². The van der Waals surface area contributed by atoms with E-state index in [0.717, 1.165) is 38.6 Å². The van der Waals surface area contributed by atoms with Crippen LogP contribution in [0.1, 0.15) is 33.4 Å². The number of fused-ring (bicyclic) bond motifs is 4. The van der Waals surface area contributed by atoms with E-state index in [-0.39, 0.29) is 17.1 Å². The van der Waals surface area contributed by atoms with Crippen LogP contribution in [0.5, 0.6) is 0 Å². The maximum absolute atomic E-state index is 6.16. The fourth-order valence-electron chi connectivity index (χ4n) is 5.27. The van der Waals surface area contributed by atoms with Gasteiger partial charge in [0, 0.05) is 33.9 Å². The van der Waals surface area contributed by atoms with Crippen molar-refractivity contribution in [3.8, 4) is 0 Å². The first kappa shape index (κ1) is 24.9. The van der Waals surface area contributed by atoms with Gasteiger partial charge in [0.25, 0.3) is 0 Å². The average molecular weight is 580 g/mol. The van der Waals surface area contributed by atoms with Crippen molar-refractivity contribution in [3.63, 3.8) is 0 Å². The van der Waals surface area contributed by atoms with Gasteiger partial charge in [-0.05, 0) is 28.4 Å². The second-order valence-electron chi connectivity index (χ2n) is 9.61. The van der Waals surface area contributed by atoms with Gasteiger partial charge in [-0.25, -0.2) is 9.98 Å². The molecule has 3 aliphatic rings. The van der Waals surface area contributed by atoms with Crippen molar-refractivity contribution >= 4 is 51.6 Å². The first-order chi connectivity index (χ1) is 19.7. The third kappa shape index (κ3) is 4.10. The van der Waals surface area contributed by atoms with E-state index in [9.17, 15) is 0 Å². The largest absolute Gasteiger partial charge is 2.00 e. The molecular weight excluding hydrogens is 560 g/mol. The molecule has 1 radical (unpaired) electrons. The molecule has 0 amide bonds. The number of aromatic nitrogens is 1. The number of amidine groups is 5. The summed E-state index contributed by atoms with van der Waals surface area (Å²) in [6, 6.07) is 31.8. The molecule has 0 aliphatic carbocycles. The summed E-state index contributed by atoms with van der Waals surface area (Å²) in [7, 11) is 0. The van der Waals surface area contributed by atoms with Gasteiger partial charge in [0.15, 0.2) is 0 Å². The van der Waals surface area contributed by atoms with Gasteiger partial charge in [0.05, 0.1) is 17.5 Å². The van der Waals surface area contributed by atoms with Crippen LogP contribution in [0.4, 0.5) is 11.6 Å². The van der Waals surface area contributed by atoms with E-state index >= 15 is 0 Å². The molecule has 4 heterocycles. The third-order valence-electron chi connectivity index (χ3n) is 7.20. The molecule has 8 nitrogen and oxygen atoms in total. The Morgan fingerprint density at radius 1 is 0.585 bits per heavy atom. The topological polar surface area (TPSA) is 116 Å². The number of rotatable bonds is 2. The molecule has 0 spiro atoms. The van der Waals surface area contributed by atoms with Crippen molar-refractivity contribution in [2.45, 2.75) is 6.54 Å². The number of benzene rings is 4. The van der Waals surface area contributed by atoms with E-state index in [0.29, 0.717) is 47.4 Å². The predicted octanol–water partition coefficient (Wildman–Crippen LogP) is 5.76. The molecule has 199 valence electrons. The van der Waals surface area contributed by atoms with Crippen molar-refractivity contribution in [3.05, 3.63) is 136 Å². The maximum Gasteiger partial charge on any atom is 2.00 e. The normalized spacial score (nSPS) is 17.7. The fraction of sp³-hybridized carbons (Fsp3) is 0.0312. The van der Waals surface area contributed by atoms with Crippen LogP contribution in [0.3, 0.4) is 0 Å². The molecule has 4 aromatic carbocycles. The Bertz CT molecular complexity index is 2030. The molecule has 3 aliphatic heterocycles. The third-order valence-corrected chi connectivity index (χ3v) is 7.20. The molecule has 5 aromatic rings. The number of hydrogen-bond acceptors (Lipinski definition) is 4. The van der Waals surface area contributed by atoms with E-state index in [1.165, 1.54) is 5.56 Å². The van der Waals surface area contributed by atoms with Crippen LogP contribution < -0.4 is 10.7 Å². The number of nitrogens with two attached hydrogens (primary N) is 1. The minimum Gasteiger partial charge on any atom is -0.460 e. The van der Waals surface area contributed by atoms with Crippen molar-refractivity contribution in [1.82, 2.24) is 4.98 Å². The Kier molecular flexibility index (Phi) is 5.96. The van der Waals surface area contributed by atoms with Gasteiger partial charge in [-0.3, -0.25) is 0 Å². The standard InChI is InChI=1S/C32H20N8.Cu/c33-26-20-11-3-4-12-21(20)28(35-26)37-30-24-15-7-8-16-25(24)32(39-30)40-31-23-14-6-5-13-22(23)29(38-31)36-27-19-10-2-1-9-18(19)17-34-27;/h1-16H,17H2,(H2-,33,34,35,36,37,38,40);/q-2;+2. The molecule has 0 fully saturated rings. The van der Waals surface area contributed by atoms with Crippen molar-refractivity contribution in [2.24, 2.45) is 30.7 Å². The first-order valence-corrected chi connectivity index (χ1v) is 12.9. The molecule has 2 N–H and O–H groups in total. The second kappa shape index (κ2) is 9.82. The van der Waals surface area contributed by atoms with Crippen LogP contribution >= 0.6 is 0 Å². The van der Waals surface area contributed by atoms with Crippen molar-refractivity contribution in [1.29, 1.82) is 0 Å². The Morgan fingerprint density at radius 3 is 1.83 bits per heavy atom. The van der Waals surface area contributed by atoms with Gasteiger partial charge in [-0.2, -0.15) is 0 Å². The second-order valence-corrected chi connectivity index (χ2v) is 9.61. The Labute approximate surface area is 246 Å². The quantitative estimate of drug-likeness (QED) is 0.268. The molecule has 0 bridgehead atoms. The summed E-state index contributed by atoms with van der Waals surface area (Å²) in [5.41, 5.74) is 11.9. The molecule has 0 saturated carbocycles. The van der Waals surface area contributed by atoms with Crippen LogP contribution in [0.15, 0.2) is 122 Å². The minimum absolute atomic E-state index is 0. The number of nitrogens with zero attached hydrogens (tertiary/aromatic N) is 7. The molecule has 9 heteroatoms. The molecule has 0 saturated heterocycles. The molecule has 0 unspecified atom stereocenters. The van der Waals surface area contributed by atoms with E-state index in [1.54, 1.807) is 0 Å². The Morgan fingerprint density at radius 2 is 1.12 bits per heavy atom. The van der Waals surface area contributed by atoms with E-state index in [4.69, 9.17) is 30.7 Å². The summed E-state index contributed by atoms with van der Waals surface area (Å²) < 4.78 is 0. The van der Waals surface area contributed by atoms with E-state index in [1.807, 2.05) is 91.0 Å². The smallest absolute Gasteiger partial charge is 0.460 e. The van der Waals surface area contributed by atoms with Crippen LogP contribution in [-0.2, 0) is 23.6 Å². The van der Waals surface area contributed by atoms with Gasteiger partial charge < -0.3 is 31.0 Å². The fourth-order valence-corrected chi connectivity index (χ4v) is 5.27. The van der Waals surface area contributed by atoms with Gasteiger partial charge in [-0.15, -0.1) is 0 Å². The van der Waals surface area contributed by atoms with Gasteiger partial charge in [0.1, 0.15) is 5.84 Å². The molecule has 41 heavy (non-hydrogen) atoms. The van der Waals surface area contributed by atoms with Gasteiger partial charge >= 0.3 is 17.1 Å². The summed E-state index contributed by atoms with van der Waals surface area (Å²) in [5.74, 6) is 3.90. The zero-order valence-electron chi connectivity index (χ0n) is 21.5. The van der Waals surface area contributed by atoms with Crippen molar-refractivity contribution in [2.75, 3.05) is 0 Å². The molecular formula is C32H20CuN8. The number of aliphatic imine (C=N–C) groups is 5. The van der Waals surface area contributed by atoms with Crippen LogP contribution in [0.25, 0.3) is 16.1 Å². The maximum atomic E-state index is 6.16. The molecule has 0 atom stereocenters. The Balaban J connectivity index is 0.00000276. The van der Waals surface area contributed by atoms with Gasteiger partial charge in [0.2, 0.25) is 0 Å². The SMILES string of the molecule is NC1=N/C(=N\c2[n-]c(/N=C3\N=C(N=C4[N-]Cc5ccccc54)c4ccccc43)c3ccccc23)c2ccccc21.[Cu+2]. The minimum atomic E-state index is 0. The van der Waals surface area contributed by atoms with Gasteiger partial charge in [-0.1, -0.05) is 103 Å². The summed E-state index contributed by atoms with van der Waals surface area (Å²) >= 11 is 0. The zero-order chi connectivity index (χ0) is 26.6. The summed E-state index contributed by atoms with van der Waals surface area (Å²) in [6.07, 6.45) is 0.